The number of fused-ring (bicyclic) bond motifs is 1. The van der Waals surface area contributed by atoms with Crippen molar-refractivity contribution in [2.24, 2.45) is 0 Å². The highest BCUT2D eigenvalue weighted by Crippen LogP contribution is 2.20. The average molecular weight is 362 g/mol. The Balaban J connectivity index is 1.40. The molecule has 4 rings (SSSR count). The number of esters is 1. The van der Waals surface area contributed by atoms with E-state index >= 15 is 0 Å². The third-order valence-corrected chi connectivity index (χ3v) is 4.14. The molecule has 0 N–H and O–H groups in total. The van der Waals surface area contributed by atoms with E-state index in [4.69, 9.17) is 9.26 Å². The van der Waals surface area contributed by atoms with Gasteiger partial charge in [0.1, 0.15) is 5.82 Å². The number of aromatic nitrogens is 2. The zero-order chi connectivity index (χ0) is 18.6. The van der Waals surface area contributed by atoms with Crippen molar-refractivity contribution in [3.63, 3.8) is 0 Å². The van der Waals surface area contributed by atoms with Gasteiger partial charge in [0.2, 0.25) is 5.82 Å². The highest BCUT2D eigenvalue weighted by atomic mass is 19.1. The summed E-state index contributed by atoms with van der Waals surface area (Å²) in [5.74, 6) is -0.228. The van der Waals surface area contributed by atoms with Gasteiger partial charge in [0, 0.05) is 5.56 Å². The number of halogens is 1. The molecule has 27 heavy (non-hydrogen) atoms. The molecule has 0 saturated heterocycles. The molecule has 0 aliphatic heterocycles. The van der Waals surface area contributed by atoms with Crippen molar-refractivity contribution < 1.29 is 18.4 Å². The third kappa shape index (κ3) is 3.84. The van der Waals surface area contributed by atoms with E-state index in [1.54, 1.807) is 12.1 Å². The number of hydrogen-bond donors (Lipinski definition) is 0. The van der Waals surface area contributed by atoms with Crippen molar-refractivity contribution in [2.45, 2.75) is 13.0 Å². The topological polar surface area (TPSA) is 65.2 Å². The molecule has 0 atom stereocenters. The van der Waals surface area contributed by atoms with Gasteiger partial charge in [0.25, 0.3) is 5.89 Å². The number of carbonyl (C=O) groups excluding carboxylic acids is 1. The Morgan fingerprint density at radius 2 is 1.78 bits per heavy atom. The molecule has 0 aliphatic carbocycles. The Bertz CT molecular complexity index is 1080. The second-order valence-electron chi connectivity index (χ2n) is 5.99. The zero-order valence-electron chi connectivity index (χ0n) is 14.3. The lowest BCUT2D eigenvalue weighted by Gasteiger charge is -2.06. The van der Waals surface area contributed by atoms with Crippen LogP contribution < -0.4 is 0 Å². The van der Waals surface area contributed by atoms with Gasteiger partial charge < -0.3 is 9.26 Å². The van der Waals surface area contributed by atoms with Crippen molar-refractivity contribution >= 4 is 16.7 Å². The summed E-state index contributed by atoms with van der Waals surface area (Å²) in [4.78, 5) is 16.4. The minimum atomic E-state index is -0.382. The standard InChI is InChI=1S/C21H15FN2O3/c22-17-10-8-15(9-11-17)21-23-19(27-24-21)13-26-20(25)12-16-6-3-5-14-4-1-2-7-18(14)16/h1-11H,12-13H2. The van der Waals surface area contributed by atoms with Gasteiger partial charge >= 0.3 is 5.97 Å². The molecule has 1 heterocycles. The van der Waals surface area contributed by atoms with Gasteiger partial charge in [0.05, 0.1) is 6.42 Å². The molecular formula is C21H15FN2O3. The van der Waals surface area contributed by atoms with E-state index in [1.807, 2.05) is 42.5 Å². The van der Waals surface area contributed by atoms with Gasteiger partial charge in [0.15, 0.2) is 6.61 Å². The highest BCUT2D eigenvalue weighted by molar-refractivity contribution is 5.88. The first-order valence-electron chi connectivity index (χ1n) is 8.40. The lowest BCUT2D eigenvalue weighted by molar-refractivity contribution is -0.144. The first kappa shape index (κ1) is 16.9. The molecule has 0 spiro atoms. The van der Waals surface area contributed by atoms with E-state index in [2.05, 4.69) is 10.1 Å². The lowest BCUT2D eigenvalue weighted by atomic mass is 10.0. The number of carbonyl (C=O) groups is 1. The summed E-state index contributed by atoms with van der Waals surface area (Å²) in [6, 6.07) is 19.4. The molecular weight excluding hydrogens is 347 g/mol. The predicted molar refractivity (Wildman–Crippen MR) is 97.1 cm³/mol. The molecule has 0 unspecified atom stereocenters. The molecule has 4 aromatic rings. The van der Waals surface area contributed by atoms with Crippen LogP contribution in [0.5, 0.6) is 0 Å². The van der Waals surface area contributed by atoms with Crippen LogP contribution in [0.1, 0.15) is 11.5 Å². The van der Waals surface area contributed by atoms with Crippen LogP contribution in [-0.2, 0) is 22.6 Å². The van der Waals surface area contributed by atoms with Crippen LogP contribution in [-0.4, -0.2) is 16.1 Å². The van der Waals surface area contributed by atoms with Gasteiger partial charge in [-0.3, -0.25) is 4.79 Å². The maximum Gasteiger partial charge on any atom is 0.310 e. The second kappa shape index (κ2) is 7.37. The fraction of sp³-hybridized carbons (Fsp3) is 0.0952. The second-order valence-corrected chi connectivity index (χ2v) is 5.99. The lowest BCUT2D eigenvalue weighted by Crippen LogP contribution is -2.08. The van der Waals surface area contributed by atoms with Gasteiger partial charge in [-0.25, -0.2) is 4.39 Å². The van der Waals surface area contributed by atoms with Crippen molar-refractivity contribution in [3.8, 4) is 11.4 Å². The molecule has 0 bridgehead atoms. The number of hydrogen-bond acceptors (Lipinski definition) is 5. The van der Waals surface area contributed by atoms with Gasteiger partial charge in [-0.2, -0.15) is 4.98 Å². The Kier molecular flexibility index (Phi) is 4.61. The summed E-state index contributed by atoms with van der Waals surface area (Å²) < 4.78 is 23.3. The Morgan fingerprint density at radius 1 is 1.00 bits per heavy atom. The molecule has 3 aromatic carbocycles. The van der Waals surface area contributed by atoms with Crippen molar-refractivity contribution in [3.05, 3.63) is 84.0 Å². The molecule has 134 valence electrons. The highest BCUT2D eigenvalue weighted by Gasteiger charge is 2.13. The summed E-state index contributed by atoms with van der Waals surface area (Å²) in [5, 5.41) is 5.91. The van der Waals surface area contributed by atoms with Crippen LogP contribution in [0.3, 0.4) is 0 Å². The molecule has 0 saturated carbocycles. The summed E-state index contributed by atoms with van der Waals surface area (Å²) in [7, 11) is 0. The quantitative estimate of drug-likeness (QED) is 0.495. The Labute approximate surface area is 154 Å². The van der Waals surface area contributed by atoms with Crippen LogP contribution in [0.2, 0.25) is 0 Å². The summed E-state index contributed by atoms with van der Waals surface area (Å²) in [6.07, 6.45) is 0.153. The molecule has 0 amide bonds. The van der Waals surface area contributed by atoms with Crippen LogP contribution >= 0.6 is 0 Å². The first-order chi connectivity index (χ1) is 13.2. The number of nitrogens with zero attached hydrogens (tertiary/aromatic N) is 2. The van der Waals surface area contributed by atoms with Crippen molar-refractivity contribution in [2.75, 3.05) is 0 Å². The monoisotopic (exact) mass is 362 g/mol. The largest absolute Gasteiger partial charge is 0.455 e. The van der Waals surface area contributed by atoms with Crippen molar-refractivity contribution in [1.82, 2.24) is 10.1 Å². The normalized spacial score (nSPS) is 10.9. The Hall–Kier alpha value is -3.54. The molecule has 6 heteroatoms. The minimum Gasteiger partial charge on any atom is -0.455 e. The molecule has 5 nitrogen and oxygen atoms in total. The molecule has 0 fully saturated rings. The fourth-order valence-electron chi connectivity index (χ4n) is 2.83. The first-order valence-corrected chi connectivity index (χ1v) is 8.40. The SMILES string of the molecule is O=C(Cc1cccc2ccccc12)OCc1nc(-c2ccc(F)cc2)no1. The summed E-state index contributed by atoms with van der Waals surface area (Å²) >= 11 is 0. The number of benzene rings is 3. The van der Waals surface area contributed by atoms with E-state index in [0.29, 0.717) is 11.4 Å². The third-order valence-electron chi connectivity index (χ3n) is 4.14. The van der Waals surface area contributed by atoms with Crippen LogP contribution in [0.25, 0.3) is 22.2 Å². The van der Waals surface area contributed by atoms with Crippen LogP contribution in [0, 0.1) is 5.82 Å². The molecule has 0 aliphatic rings. The van der Waals surface area contributed by atoms with Gasteiger partial charge in [-0.1, -0.05) is 47.6 Å². The average Bonchev–Trinajstić information content (AvgIpc) is 3.16. The Morgan fingerprint density at radius 3 is 2.63 bits per heavy atom. The van der Waals surface area contributed by atoms with Crippen LogP contribution in [0.4, 0.5) is 4.39 Å². The van der Waals surface area contributed by atoms with E-state index in [0.717, 1.165) is 16.3 Å². The van der Waals surface area contributed by atoms with Crippen LogP contribution in [0.15, 0.2) is 71.3 Å². The fourth-order valence-corrected chi connectivity index (χ4v) is 2.83. The molecule has 1 aromatic heterocycles. The van der Waals surface area contributed by atoms with E-state index in [9.17, 15) is 9.18 Å². The number of ether oxygens (including phenoxy) is 1. The molecule has 0 radical (unpaired) electrons. The van der Waals surface area contributed by atoms with E-state index in [1.165, 1.54) is 12.1 Å². The zero-order valence-corrected chi connectivity index (χ0v) is 14.3. The predicted octanol–water partition coefficient (Wildman–Crippen LogP) is 4.31. The minimum absolute atomic E-state index is 0.113. The maximum absolute atomic E-state index is 13.0. The van der Waals surface area contributed by atoms with E-state index in [-0.39, 0.29) is 30.7 Å². The van der Waals surface area contributed by atoms with Gasteiger partial charge in [-0.05, 0) is 40.6 Å². The summed E-state index contributed by atoms with van der Waals surface area (Å²) in [6.45, 7) is -0.113. The number of rotatable bonds is 5. The van der Waals surface area contributed by atoms with Crippen molar-refractivity contribution in [1.29, 1.82) is 0 Å². The van der Waals surface area contributed by atoms with Gasteiger partial charge in [-0.15, -0.1) is 0 Å². The van der Waals surface area contributed by atoms with E-state index < -0.39 is 0 Å². The smallest absolute Gasteiger partial charge is 0.310 e. The summed E-state index contributed by atoms with van der Waals surface area (Å²) in [5.41, 5.74) is 1.52. The maximum atomic E-state index is 13.0.